The Kier molecular flexibility index (Phi) is 5.75. The van der Waals surface area contributed by atoms with Gasteiger partial charge in [-0.1, -0.05) is 0 Å². The summed E-state index contributed by atoms with van der Waals surface area (Å²) in [6.45, 7) is 2.25. The number of hydrogen-bond donors (Lipinski definition) is 1. The highest BCUT2D eigenvalue weighted by molar-refractivity contribution is 7.98. The number of benzene rings is 2. The van der Waals surface area contributed by atoms with Crippen molar-refractivity contribution in [3.8, 4) is 0 Å². The fraction of sp³-hybridized carbons (Fsp3) is 0.278. The average molecular weight is 373 g/mol. The maximum atomic E-state index is 12.5. The molecule has 0 radical (unpaired) electrons. The van der Waals surface area contributed by atoms with E-state index in [1.165, 1.54) is 6.07 Å². The molecule has 0 spiro atoms. The Labute approximate surface area is 155 Å². The number of nitro benzene ring substituents is 1. The molecule has 3 rings (SSSR count). The zero-order valence-corrected chi connectivity index (χ0v) is 15.1. The van der Waals surface area contributed by atoms with Gasteiger partial charge in [-0.05, 0) is 42.7 Å². The molecular weight excluding hydrogens is 354 g/mol. The van der Waals surface area contributed by atoms with Crippen LogP contribution in [0.1, 0.15) is 10.4 Å². The van der Waals surface area contributed by atoms with E-state index < -0.39 is 4.92 Å². The van der Waals surface area contributed by atoms with Gasteiger partial charge in [-0.3, -0.25) is 14.9 Å². The zero-order chi connectivity index (χ0) is 18.5. The van der Waals surface area contributed by atoms with E-state index in [9.17, 15) is 14.9 Å². The summed E-state index contributed by atoms with van der Waals surface area (Å²) in [5, 5.41) is 14.3. The van der Waals surface area contributed by atoms with Gasteiger partial charge in [-0.2, -0.15) is 0 Å². The van der Waals surface area contributed by atoms with Crippen molar-refractivity contribution in [1.82, 2.24) is 0 Å². The molecule has 1 aliphatic rings. The van der Waals surface area contributed by atoms with Crippen molar-refractivity contribution in [2.24, 2.45) is 0 Å². The maximum Gasteiger partial charge on any atom is 0.293 e. The monoisotopic (exact) mass is 373 g/mol. The van der Waals surface area contributed by atoms with Crippen LogP contribution < -0.4 is 10.2 Å². The minimum atomic E-state index is -0.450. The van der Waals surface area contributed by atoms with Gasteiger partial charge < -0.3 is 15.0 Å². The number of carbonyl (C=O) groups is 1. The molecule has 1 amide bonds. The molecule has 2 aromatic carbocycles. The number of rotatable bonds is 5. The van der Waals surface area contributed by atoms with Crippen molar-refractivity contribution >= 4 is 34.7 Å². The number of anilines is 2. The molecule has 1 N–H and O–H groups in total. The Morgan fingerprint density at radius 2 is 1.88 bits per heavy atom. The molecule has 26 heavy (non-hydrogen) atoms. The number of thioether (sulfide) groups is 1. The van der Waals surface area contributed by atoms with E-state index in [1.807, 2.05) is 23.3 Å². The first-order valence-corrected chi connectivity index (χ1v) is 9.37. The molecule has 0 aliphatic carbocycles. The maximum absolute atomic E-state index is 12.5. The van der Waals surface area contributed by atoms with Crippen LogP contribution in [0.15, 0.2) is 47.4 Å². The second-order valence-electron chi connectivity index (χ2n) is 5.74. The Morgan fingerprint density at radius 1 is 1.19 bits per heavy atom. The van der Waals surface area contributed by atoms with Crippen molar-refractivity contribution in [2.75, 3.05) is 42.8 Å². The molecule has 1 saturated heterocycles. The van der Waals surface area contributed by atoms with E-state index in [0.29, 0.717) is 37.7 Å². The average Bonchev–Trinajstić information content (AvgIpc) is 2.68. The lowest BCUT2D eigenvalue weighted by molar-refractivity contribution is -0.384. The van der Waals surface area contributed by atoms with Gasteiger partial charge >= 0.3 is 0 Å². The van der Waals surface area contributed by atoms with Crippen LogP contribution in [-0.4, -0.2) is 43.4 Å². The fourth-order valence-corrected chi connectivity index (χ4v) is 3.17. The first kappa shape index (κ1) is 18.2. The molecule has 0 saturated carbocycles. The molecule has 0 bridgehead atoms. The second kappa shape index (κ2) is 8.20. The second-order valence-corrected chi connectivity index (χ2v) is 6.62. The van der Waals surface area contributed by atoms with Crippen LogP contribution in [0.25, 0.3) is 0 Å². The van der Waals surface area contributed by atoms with Crippen LogP contribution in [0.2, 0.25) is 0 Å². The molecule has 0 atom stereocenters. The van der Waals surface area contributed by atoms with Gasteiger partial charge in [0.25, 0.3) is 11.6 Å². The van der Waals surface area contributed by atoms with Crippen molar-refractivity contribution in [3.63, 3.8) is 0 Å². The molecule has 1 heterocycles. The summed E-state index contributed by atoms with van der Waals surface area (Å²) < 4.78 is 5.29. The topological polar surface area (TPSA) is 84.7 Å². The minimum absolute atomic E-state index is 0.0720. The molecule has 0 aromatic heterocycles. The smallest absolute Gasteiger partial charge is 0.293 e. The SMILES string of the molecule is CSc1ccc(NC(=O)c2ccc(N3CCOCC3)c([N+](=O)[O-])c2)cc1. The van der Waals surface area contributed by atoms with Crippen LogP contribution >= 0.6 is 11.8 Å². The summed E-state index contributed by atoms with van der Waals surface area (Å²) in [7, 11) is 0. The van der Waals surface area contributed by atoms with Gasteiger partial charge in [0.1, 0.15) is 5.69 Å². The first-order chi connectivity index (χ1) is 12.6. The van der Waals surface area contributed by atoms with Crippen molar-refractivity contribution in [3.05, 3.63) is 58.1 Å². The van der Waals surface area contributed by atoms with Gasteiger partial charge in [0.05, 0.1) is 18.1 Å². The van der Waals surface area contributed by atoms with E-state index in [0.717, 1.165) is 4.90 Å². The summed E-state index contributed by atoms with van der Waals surface area (Å²) in [4.78, 5) is 26.5. The first-order valence-electron chi connectivity index (χ1n) is 8.15. The van der Waals surface area contributed by atoms with E-state index in [-0.39, 0.29) is 17.2 Å². The molecule has 8 heteroatoms. The number of morpholine rings is 1. The van der Waals surface area contributed by atoms with Crippen molar-refractivity contribution in [2.45, 2.75) is 4.90 Å². The number of carbonyl (C=O) groups excluding carboxylic acids is 1. The molecule has 1 aliphatic heterocycles. The summed E-state index contributed by atoms with van der Waals surface area (Å²) >= 11 is 1.61. The van der Waals surface area contributed by atoms with Gasteiger partial charge in [0, 0.05) is 35.3 Å². The molecule has 1 fully saturated rings. The van der Waals surface area contributed by atoms with E-state index >= 15 is 0 Å². The summed E-state index contributed by atoms with van der Waals surface area (Å²) in [6.07, 6.45) is 1.97. The Bertz CT molecular complexity index is 805. The number of nitrogens with one attached hydrogen (secondary N) is 1. The largest absolute Gasteiger partial charge is 0.378 e. The van der Waals surface area contributed by atoms with Gasteiger partial charge in [-0.25, -0.2) is 0 Å². The Morgan fingerprint density at radius 3 is 2.50 bits per heavy atom. The number of amides is 1. The number of hydrogen-bond acceptors (Lipinski definition) is 6. The predicted molar refractivity (Wildman–Crippen MR) is 102 cm³/mol. The Hall–Kier alpha value is -2.58. The lowest BCUT2D eigenvalue weighted by atomic mass is 10.1. The summed E-state index contributed by atoms with van der Waals surface area (Å²) in [5.41, 5.74) is 1.34. The number of nitrogens with zero attached hydrogens (tertiary/aromatic N) is 2. The number of ether oxygens (including phenoxy) is 1. The van der Waals surface area contributed by atoms with E-state index in [2.05, 4.69) is 5.32 Å². The van der Waals surface area contributed by atoms with Crippen LogP contribution in [-0.2, 0) is 4.74 Å². The Balaban J connectivity index is 1.81. The summed E-state index contributed by atoms with van der Waals surface area (Å²) in [6, 6.07) is 12.0. The quantitative estimate of drug-likeness (QED) is 0.491. The third-order valence-corrected chi connectivity index (χ3v) is 4.88. The van der Waals surface area contributed by atoms with Gasteiger partial charge in [0.15, 0.2) is 0 Å². The summed E-state index contributed by atoms with van der Waals surface area (Å²) in [5.74, 6) is -0.376. The van der Waals surface area contributed by atoms with E-state index in [4.69, 9.17) is 4.74 Å². The van der Waals surface area contributed by atoms with E-state index in [1.54, 1.807) is 36.0 Å². The molecule has 136 valence electrons. The predicted octanol–water partition coefficient (Wildman–Crippen LogP) is 3.41. The van der Waals surface area contributed by atoms with Crippen LogP contribution in [0.5, 0.6) is 0 Å². The van der Waals surface area contributed by atoms with Crippen LogP contribution in [0.4, 0.5) is 17.1 Å². The molecule has 2 aromatic rings. The lowest BCUT2D eigenvalue weighted by Gasteiger charge is -2.28. The van der Waals surface area contributed by atoms with Gasteiger partial charge in [-0.15, -0.1) is 11.8 Å². The number of nitro groups is 1. The molecule has 7 nitrogen and oxygen atoms in total. The lowest BCUT2D eigenvalue weighted by Crippen LogP contribution is -2.36. The van der Waals surface area contributed by atoms with Crippen molar-refractivity contribution in [1.29, 1.82) is 0 Å². The van der Waals surface area contributed by atoms with Crippen molar-refractivity contribution < 1.29 is 14.5 Å². The highest BCUT2D eigenvalue weighted by Crippen LogP contribution is 2.30. The highest BCUT2D eigenvalue weighted by Gasteiger charge is 2.23. The van der Waals surface area contributed by atoms with Crippen LogP contribution in [0, 0.1) is 10.1 Å². The van der Waals surface area contributed by atoms with Gasteiger partial charge in [0.2, 0.25) is 0 Å². The zero-order valence-electron chi connectivity index (χ0n) is 14.3. The molecular formula is C18H19N3O4S. The third-order valence-electron chi connectivity index (χ3n) is 4.13. The fourth-order valence-electron chi connectivity index (χ4n) is 2.76. The normalized spacial score (nSPS) is 14.1. The third kappa shape index (κ3) is 4.14. The molecule has 0 unspecified atom stereocenters. The van der Waals surface area contributed by atoms with Crippen LogP contribution in [0.3, 0.4) is 0 Å². The standard InChI is InChI=1S/C18H19N3O4S/c1-26-15-5-3-14(4-6-15)19-18(22)13-2-7-16(17(12-13)21(23)24)20-8-10-25-11-9-20/h2-7,12H,8-11H2,1H3,(H,19,22). The minimum Gasteiger partial charge on any atom is -0.378 e. The highest BCUT2D eigenvalue weighted by atomic mass is 32.2.